The standard InChI is InChI=1S/C20H26N6O/c1-13(2)25-18(11-12-21-25)23-20(27)15(4)22-19-14(3)24-26(16(19)5)17-9-7-6-8-10-17/h6-13,15,22H,1-5H3,(H,23,27)/t15-/m0/s1. The third-order valence-corrected chi connectivity index (χ3v) is 4.46. The van der Waals surface area contributed by atoms with Gasteiger partial charge < -0.3 is 10.6 Å². The lowest BCUT2D eigenvalue weighted by atomic mass is 10.2. The van der Waals surface area contributed by atoms with Crippen molar-refractivity contribution in [2.24, 2.45) is 0 Å². The maximum Gasteiger partial charge on any atom is 0.247 e. The molecule has 1 atom stereocenters. The number of para-hydroxylation sites is 1. The Labute approximate surface area is 159 Å². The predicted molar refractivity (Wildman–Crippen MR) is 107 cm³/mol. The maximum absolute atomic E-state index is 12.6. The first-order chi connectivity index (χ1) is 12.9. The second-order valence-corrected chi connectivity index (χ2v) is 6.90. The van der Waals surface area contributed by atoms with Crippen molar-refractivity contribution in [1.82, 2.24) is 19.6 Å². The summed E-state index contributed by atoms with van der Waals surface area (Å²) in [6, 6.07) is 11.5. The molecule has 3 aromatic rings. The van der Waals surface area contributed by atoms with Crippen LogP contribution < -0.4 is 10.6 Å². The van der Waals surface area contributed by atoms with Gasteiger partial charge in [0.15, 0.2) is 0 Å². The molecule has 0 saturated carbocycles. The van der Waals surface area contributed by atoms with Crippen LogP contribution in [0.5, 0.6) is 0 Å². The van der Waals surface area contributed by atoms with Crippen LogP contribution in [0.3, 0.4) is 0 Å². The minimum atomic E-state index is -0.425. The Bertz CT molecular complexity index is 925. The van der Waals surface area contributed by atoms with Crippen molar-refractivity contribution in [3.05, 3.63) is 54.0 Å². The Morgan fingerprint density at radius 2 is 1.78 bits per heavy atom. The summed E-state index contributed by atoms with van der Waals surface area (Å²) in [7, 11) is 0. The van der Waals surface area contributed by atoms with Gasteiger partial charge in [-0.15, -0.1) is 0 Å². The molecule has 0 spiro atoms. The van der Waals surface area contributed by atoms with Crippen LogP contribution >= 0.6 is 0 Å². The molecule has 0 bridgehead atoms. The number of hydrogen-bond acceptors (Lipinski definition) is 4. The summed E-state index contributed by atoms with van der Waals surface area (Å²) in [5.41, 5.74) is 3.68. The van der Waals surface area contributed by atoms with Crippen LogP contribution in [0.4, 0.5) is 11.5 Å². The van der Waals surface area contributed by atoms with Gasteiger partial charge >= 0.3 is 0 Å². The Kier molecular flexibility index (Phi) is 5.30. The summed E-state index contributed by atoms with van der Waals surface area (Å²) in [5, 5.41) is 15.1. The lowest BCUT2D eigenvalue weighted by molar-refractivity contribution is -0.116. The molecule has 0 aliphatic carbocycles. The summed E-state index contributed by atoms with van der Waals surface area (Å²) in [6.45, 7) is 9.81. The van der Waals surface area contributed by atoms with E-state index in [1.54, 1.807) is 16.9 Å². The molecule has 0 aliphatic heterocycles. The molecule has 1 aromatic carbocycles. The van der Waals surface area contributed by atoms with Crippen LogP contribution in [0.1, 0.15) is 38.2 Å². The number of aryl methyl sites for hydroxylation is 1. The number of hydrogen-bond donors (Lipinski definition) is 2. The van der Waals surface area contributed by atoms with Gasteiger partial charge in [0.25, 0.3) is 0 Å². The SMILES string of the molecule is Cc1nn(-c2ccccc2)c(C)c1N[C@@H](C)C(=O)Nc1ccnn1C(C)C. The van der Waals surface area contributed by atoms with E-state index in [2.05, 4.69) is 20.8 Å². The molecule has 0 aliphatic rings. The highest BCUT2D eigenvalue weighted by atomic mass is 16.2. The fraction of sp³-hybridized carbons (Fsp3) is 0.350. The molecule has 0 saturated heterocycles. The first-order valence-corrected chi connectivity index (χ1v) is 9.11. The number of anilines is 2. The third-order valence-electron chi connectivity index (χ3n) is 4.46. The van der Waals surface area contributed by atoms with Crippen molar-refractivity contribution in [3.8, 4) is 5.69 Å². The van der Waals surface area contributed by atoms with Gasteiger partial charge in [-0.1, -0.05) is 18.2 Å². The molecule has 0 radical (unpaired) electrons. The molecule has 0 unspecified atom stereocenters. The molecule has 7 heteroatoms. The molecule has 2 aromatic heterocycles. The number of rotatable bonds is 6. The Balaban J connectivity index is 1.76. The van der Waals surface area contributed by atoms with E-state index in [1.165, 1.54) is 0 Å². The van der Waals surface area contributed by atoms with Gasteiger partial charge in [0.2, 0.25) is 5.91 Å². The van der Waals surface area contributed by atoms with E-state index >= 15 is 0 Å². The quantitative estimate of drug-likeness (QED) is 0.697. The van der Waals surface area contributed by atoms with Crippen molar-refractivity contribution >= 4 is 17.4 Å². The van der Waals surface area contributed by atoms with Gasteiger partial charge in [0, 0.05) is 12.1 Å². The number of aromatic nitrogens is 4. The molecule has 0 fully saturated rings. The van der Waals surface area contributed by atoms with E-state index in [-0.39, 0.29) is 11.9 Å². The van der Waals surface area contributed by atoms with E-state index < -0.39 is 6.04 Å². The van der Waals surface area contributed by atoms with Crippen molar-refractivity contribution in [2.45, 2.75) is 46.7 Å². The second-order valence-electron chi connectivity index (χ2n) is 6.90. The molecular weight excluding hydrogens is 340 g/mol. The average molecular weight is 366 g/mol. The van der Waals surface area contributed by atoms with Gasteiger partial charge in [-0.3, -0.25) is 4.79 Å². The molecule has 7 nitrogen and oxygen atoms in total. The zero-order valence-corrected chi connectivity index (χ0v) is 16.4. The zero-order valence-electron chi connectivity index (χ0n) is 16.4. The monoisotopic (exact) mass is 366 g/mol. The van der Waals surface area contributed by atoms with E-state index in [0.717, 1.165) is 22.8 Å². The van der Waals surface area contributed by atoms with E-state index in [4.69, 9.17) is 0 Å². The fourth-order valence-electron chi connectivity index (χ4n) is 3.01. The fourth-order valence-corrected chi connectivity index (χ4v) is 3.01. The molecule has 27 heavy (non-hydrogen) atoms. The molecule has 2 N–H and O–H groups in total. The predicted octanol–water partition coefficient (Wildman–Crippen LogP) is 3.71. The van der Waals surface area contributed by atoms with Crippen LogP contribution in [-0.4, -0.2) is 31.5 Å². The van der Waals surface area contributed by atoms with E-state index in [9.17, 15) is 4.79 Å². The summed E-state index contributed by atoms with van der Waals surface area (Å²) < 4.78 is 3.67. The van der Waals surface area contributed by atoms with Crippen LogP contribution in [-0.2, 0) is 4.79 Å². The van der Waals surface area contributed by atoms with Crippen molar-refractivity contribution in [1.29, 1.82) is 0 Å². The molecule has 1 amide bonds. The van der Waals surface area contributed by atoms with E-state index in [0.29, 0.717) is 5.82 Å². The van der Waals surface area contributed by atoms with Gasteiger partial charge in [0.05, 0.1) is 29.0 Å². The number of amides is 1. The summed E-state index contributed by atoms with van der Waals surface area (Å²) in [6.07, 6.45) is 1.69. The van der Waals surface area contributed by atoms with Gasteiger partial charge in [-0.25, -0.2) is 9.36 Å². The highest BCUT2D eigenvalue weighted by Gasteiger charge is 2.20. The highest BCUT2D eigenvalue weighted by Crippen LogP contribution is 2.23. The number of nitrogens with one attached hydrogen (secondary N) is 2. The maximum atomic E-state index is 12.6. The molecule has 2 heterocycles. The average Bonchev–Trinajstić information content (AvgIpc) is 3.22. The number of carbonyl (C=O) groups is 1. The smallest absolute Gasteiger partial charge is 0.247 e. The topological polar surface area (TPSA) is 76.8 Å². The summed E-state index contributed by atoms with van der Waals surface area (Å²) in [5.74, 6) is 0.570. The van der Waals surface area contributed by atoms with Gasteiger partial charge in [0.1, 0.15) is 11.9 Å². The Morgan fingerprint density at radius 1 is 1.07 bits per heavy atom. The molecule has 3 rings (SSSR count). The number of benzene rings is 1. The zero-order chi connectivity index (χ0) is 19.6. The van der Waals surface area contributed by atoms with Crippen molar-refractivity contribution in [2.75, 3.05) is 10.6 Å². The lowest BCUT2D eigenvalue weighted by Gasteiger charge is -2.17. The van der Waals surface area contributed by atoms with Crippen LogP contribution in [0.25, 0.3) is 5.69 Å². The number of nitrogens with zero attached hydrogens (tertiary/aromatic N) is 4. The lowest BCUT2D eigenvalue weighted by Crippen LogP contribution is -2.33. The van der Waals surface area contributed by atoms with Crippen LogP contribution in [0, 0.1) is 13.8 Å². The van der Waals surface area contributed by atoms with Crippen molar-refractivity contribution in [3.63, 3.8) is 0 Å². The Hall–Kier alpha value is -3.09. The van der Waals surface area contributed by atoms with Crippen molar-refractivity contribution < 1.29 is 4.79 Å². The molecule has 142 valence electrons. The van der Waals surface area contributed by atoms with Gasteiger partial charge in [-0.2, -0.15) is 10.2 Å². The Morgan fingerprint density at radius 3 is 2.44 bits per heavy atom. The first-order valence-electron chi connectivity index (χ1n) is 9.11. The second kappa shape index (κ2) is 7.65. The first kappa shape index (κ1) is 18.7. The normalized spacial score (nSPS) is 12.2. The highest BCUT2D eigenvalue weighted by molar-refractivity contribution is 5.95. The van der Waals surface area contributed by atoms with E-state index in [1.807, 2.05) is 69.6 Å². The largest absolute Gasteiger partial charge is 0.371 e. The summed E-state index contributed by atoms with van der Waals surface area (Å²) >= 11 is 0. The number of carbonyl (C=O) groups excluding carboxylic acids is 1. The van der Waals surface area contributed by atoms with Crippen LogP contribution in [0.15, 0.2) is 42.6 Å². The van der Waals surface area contributed by atoms with Crippen LogP contribution in [0.2, 0.25) is 0 Å². The summed E-state index contributed by atoms with van der Waals surface area (Å²) in [4.78, 5) is 12.6. The molecular formula is C20H26N6O. The van der Waals surface area contributed by atoms with Gasteiger partial charge in [-0.05, 0) is 46.8 Å². The minimum Gasteiger partial charge on any atom is -0.371 e. The minimum absolute atomic E-state index is 0.122. The third kappa shape index (κ3) is 3.86.